The van der Waals surface area contributed by atoms with E-state index in [0.717, 1.165) is 16.5 Å². The molecule has 41 heavy (non-hydrogen) atoms. The number of H-pyrrole nitrogens is 1. The van der Waals surface area contributed by atoms with E-state index in [-0.39, 0.29) is 19.3 Å². The Morgan fingerprint density at radius 1 is 0.854 bits per heavy atom. The second-order valence-corrected chi connectivity index (χ2v) is 9.87. The van der Waals surface area contributed by atoms with E-state index in [2.05, 4.69) is 20.9 Å². The van der Waals surface area contributed by atoms with Crippen molar-refractivity contribution in [3.63, 3.8) is 0 Å². The number of rotatable bonds is 17. The number of benzene rings is 1. The number of carboxylic acids is 3. The number of nitrogens with one attached hydrogen (secondary N) is 4. The molecule has 9 N–H and O–H groups in total. The summed E-state index contributed by atoms with van der Waals surface area (Å²) in [5, 5.41) is 35.7. The fourth-order valence-corrected chi connectivity index (χ4v) is 4.19. The van der Waals surface area contributed by atoms with Gasteiger partial charge in [0.15, 0.2) is 0 Å². The summed E-state index contributed by atoms with van der Waals surface area (Å²) in [7, 11) is 0. The second-order valence-electron chi connectivity index (χ2n) is 9.87. The van der Waals surface area contributed by atoms with E-state index >= 15 is 0 Å². The van der Waals surface area contributed by atoms with Gasteiger partial charge in [-0.2, -0.15) is 0 Å². The van der Waals surface area contributed by atoms with Crippen molar-refractivity contribution in [1.29, 1.82) is 0 Å². The summed E-state index contributed by atoms with van der Waals surface area (Å²) in [6.07, 6.45) is 0.495. The van der Waals surface area contributed by atoms with Gasteiger partial charge < -0.3 is 42.0 Å². The highest BCUT2D eigenvalue weighted by Gasteiger charge is 2.32. The van der Waals surface area contributed by atoms with Crippen LogP contribution in [0, 0.1) is 5.92 Å². The van der Waals surface area contributed by atoms with Crippen LogP contribution >= 0.6 is 0 Å². The predicted octanol–water partition coefficient (Wildman–Crippen LogP) is 0.352. The molecule has 0 spiro atoms. The van der Waals surface area contributed by atoms with Crippen LogP contribution in [0.1, 0.15) is 51.5 Å². The van der Waals surface area contributed by atoms with Crippen LogP contribution in [0.4, 0.5) is 0 Å². The fourth-order valence-electron chi connectivity index (χ4n) is 4.19. The van der Waals surface area contributed by atoms with Crippen LogP contribution in [0.25, 0.3) is 10.9 Å². The smallest absolute Gasteiger partial charge is 0.326 e. The number of nitrogens with two attached hydrogens (primary N) is 1. The monoisotopic (exact) mass is 575 g/mol. The highest BCUT2D eigenvalue weighted by Crippen LogP contribution is 2.19. The molecule has 0 bridgehead atoms. The molecule has 14 heteroatoms. The molecule has 2 rings (SSSR count). The quantitative estimate of drug-likeness (QED) is 0.129. The minimum atomic E-state index is -1.46. The summed E-state index contributed by atoms with van der Waals surface area (Å²) in [6, 6.07) is 2.11. The molecule has 1 aromatic heterocycles. The van der Waals surface area contributed by atoms with E-state index in [1.165, 1.54) is 0 Å². The van der Waals surface area contributed by atoms with Crippen molar-refractivity contribution in [2.45, 2.75) is 76.5 Å². The second kappa shape index (κ2) is 15.4. The summed E-state index contributed by atoms with van der Waals surface area (Å²) in [4.78, 5) is 76.2. The Labute approximate surface area is 236 Å². The van der Waals surface area contributed by atoms with Crippen molar-refractivity contribution in [1.82, 2.24) is 20.9 Å². The lowest BCUT2D eigenvalue weighted by atomic mass is 9.98. The normalized spacial score (nSPS) is 14.7. The Morgan fingerprint density at radius 2 is 1.39 bits per heavy atom. The van der Waals surface area contributed by atoms with Crippen LogP contribution in [-0.4, -0.2) is 80.1 Å². The third-order valence-electron chi connectivity index (χ3n) is 6.79. The predicted molar refractivity (Wildman–Crippen MR) is 147 cm³/mol. The van der Waals surface area contributed by atoms with Gasteiger partial charge in [-0.1, -0.05) is 38.5 Å². The van der Waals surface area contributed by atoms with Gasteiger partial charge in [-0.15, -0.1) is 0 Å². The van der Waals surface area contributed by atoms with Crippen molar-refractivity contribution < 1.29 is 44.1 Å². The maximum atomic E-state index is 13.2. The Morgan fingerprint density at radius 3 is 1.93 bits per heavy atom. The van der Waals surface area contributed by atoms with Gasteiger partial charge in [0.05, 0.1) is 6.04 Å². The number of para-hydroxylation sites is 1. The molecule has 224 valence electrons. The topological polar surface area (TPSA) is 241 Å². The van der Waals surface area contributed by atoms with E-state index in [1.807, 2.05) is 24.3 Å². The zero-order valence-electron chi connectivity index (χ0n) is 22.9. The molecular weight excluding hydrogens is 538 g/mol. The molecule has 2 aromatic rings. The van der Waals surface area contributed by atoms with E-state index in [1.54, 1.807) is 20.0 Å². The minimum absolute atomic E-state index is 0.110. The summed E-state index contributed by atoms with van der Waals surface area (Å²) in [5.41, 5.74) is 7.70. The molecule has 0 aliphatic heterocycles. The molecule has 0 saturated carbocycles. The van der Waals surface area contributed by atoms with Gasteiger partial charge in [-0.3, -0.25) is 24.0 Å². The first-order valence-electron chi connectivity index (χ1n) is 13.2. The maximum Gasteiger partial charge on any atom is 0.326 e. The number of carboxylic acid groups (broad SMARTS) is 3. The van der Waals surface area contributed by atoms with Gasteiger partial charge in [0.2, 0.25) is 17.7 Å². The van der Waals surface area contributed by atoms with Gasteiger partial charge in [0, 0.05) is 29.9 Å². The lowest BCUT2D eigenvalue weighted by molar-refractivity contribution is -0.144. The van der Waals surface area contributed by atoms with Gasteiger partial charge in [0.1, 0.15) is 18.1 Å². The fraction of sp³-hybridized carbons (Fsp3) is 0.481. The van der Waals surface area contributed by atoms with Crippen LogP contribution in [0.5, 0.6) is 0 Å². The van der Waals surface area contributed by atoms with E-state index in [9.17, 15) is 33.9 Å². The minimum Gasteiger partial charge on any atom is -0.481 e. The lowest BCUT2D eigenvalue weighted by Gasteiger charge is -2.26. The average Bonchev–Trinajstić information content (AvgIpc) is 3.33. The molecule has 3 amide bonds. The molecule has 5 atom stereocenters. The first kappa shape index (κ1) is 32.8. The summed E-state index contributed by atoms with van der Waals surface area (Å²) >= 11 is 0. The molecule has 0 aliphatic rings. The van der Waals surface area contributed by atoms with Crippen molar-refractivity contribution in [2.24, 2.45) is 11.7 Å². The third-order valence-corrected chi connectivity index (χ3v) is 6.79. The van der Waals surface area contributed by atoms with Gasteiger partial charge in [-0.05, 0) is 36.8 Å². The highest BCUT2D eigenvalue weighted by molar-refractivity contribution is 5.95. The first-order chi connectivity index (χ1) is 19.3. The highest BCUT2D eigenvalue weighted by atomic mass is 16.4. The molecule has 14 nitrogen and oxygen atoms in total. The molecule has 5 unspecified atom stereocenters. The van der Waals surface area contributed by atoms with Crippen LogP contribution < -0.4 is 21.7 Å². The molecule has 0 radical (unpaired) electrons. The zero-order chi connectivity index (χ0) is 30.7. The van der Waals surface area contributed by atoms with Gasteiger partial charge in [-0.25, -0.2) is 4.79 Å². The number of hydrogen-bond acceptors (Lipinski definition) is 7. The van der Waals surface area contributed by atoms with Crippen LogP contribution in [0.2, 0.25) is 0 Å². The molecular formula is C27H37N5O9. The van der Waals surface area contributed by atoms with Crippen molar-refractivity contribution in [3.8, 4) is 0 Å². The van der Waals surface area contributed by atoms with E-state index in [4.69, 9.17) is 15.9 Å². The number of carbonyl (C=O) groups is 6. The van der Waals surface area contributed by atoms with Crippen LogP contribution in [0.15, 0.2) is 30.5 Å². The third kappa shape index (κ3) is 9.90. The van der Waals surface area contributed by atoms with Crippen molar-refractivity contribution >= 4 is 46.5 Å². The van der Waals surface area contributed by atoms with E-state index in [0.29, 0.717) is 6.42 Å². The van der Waals surface area contributed by atoms with Crippen LogP contribution in [0.3, 0.4) is 0 Å². The largest absolute Gasteiger partial charge is 0.481 e. The number of carbonyl (C=O) groups excluding carboxylic acids is 3. The van der Waals surface area contributed by atoms with Crippen LogP contribution in [-0.2, 0) is 35.2 Å². The molecule has 0 saturated heterocycles. The molecule has 1 heterocycles. The number of amides is 3. The Balaban J connectivity index is 2.18. The number of aliphatic carboxylic acids is 3. The number of hydrogen-bond donors (Lipinski definition) is 8. The SMILES string of the molecule is CCC(C)C(NC(=O)C(CCC(=O)O)NC(=O)C(CCC(=O)O)NC(=O)C(N)Cc1c[nH]c2ccccc12)C(=O)O. The zero-order valence-corrected chi connectivity index (χ0v) is 22.9. The lowest BCUT2D eigenvalue weighted by Crippen LogP contribution is -2.58. The van der Waals surface area contributed by atoms with Gasteiger partial charge >= 0.3 is 17.9 Å². The molecule has 0 aliphatic carbocycles. The van der Waals surface area contributed by atoms with Crippen molar-refractivity contribution in [2.75, 3.05) is 0 Å². The summed E-state index contributed by atoms with van der Waals surface area (Å²) < 4.78 is 0. The Kier molecular flexibility index (Phi) is 12.3. The summed E-state index contributed by atoms with van der Waals surface area (Å²) in [5.74, 6) is -6.87. The van der Waals surface area contributed by atoms with Crippen molar-refractivity contribution in [3.05, 3.63) is 36.0 Å². The Bertz CT molecular complexity index is 1260. The first-order valence-corrected chi connectivity index (χ1v) is 13.2. The number of aromatic nitrogens is 1. The Hall–Kier alpha value is -4.46. The van der Waals surface area contributed by atoms with E-state index < -0.39 is 78.6 Å². The molecule has 0 fully saturated rings. The summed E-state index contributed by atoms with van der Waals surface area (Å²) in [6.45, 7) is 3.34. The average molecular weight is 576 g/mol. The number of fused-ring (bicyclic) bond motifs is 1. The number of aromatic amines is 1. The molecule has 1 aromatic carbocycles. The van der Waals surface area contributed by atoms with Gasteiger partial charge in [0.25, 0.3) is 0 Å². The standard InChI is InChI=1S/C27H37N5O9/c1-3-14(2)23(27(40)41)32-26(39)20(9-11-22(35)36)31-25(38)19(8-10-21(33)34)30-24(37)17(28)12-15-13-29-18-7-5-4-6-16(15)18/h4-7,13-14,17,19-20,23,29H,3,8-12,28H2,1-2H3,(H,30,37)(H,31,38)(H,32,39)(H,33,34)(H,35,36)(H,40,41). The maximum absolute atomic E-state index is 13.2.